The average molecular weight is 584 g/mol. The molecule has 0 spiro atoms. The maximum Gasteiger partial charge on any atom is 0.306 e. The number of carboxylic acids is 1. The molecule has 2 aromatic rings. The first-order valence-electron chi connectivity index (χ1n) is 14.8. The smallest absolute Gasteiger partial charge is 0.306 e. The van der Waals surface area contributed by atoms with Gasteiger partial charge >= 0.3 is 5.97 Å². The van der Waals surface area contributed by atoms with Gasteiger partial charge in [-0.3, -0.25) is 19.2 Å². The number of aliphatic hydroxyl groups is 2. The Morgan fingerprint density at radius 3 is 2.12 bits per heavy atom. The number of carboxylic acid groups (broad SMARTS) is 1. The molecule has 1 fully saturated rings. The third-order valence-electron chi connectivity index (χ3n) is 7.97. The third kappa shape index (κ3) is 9.00. The fourth-order valence-electron chi connectivity index (χ4n) is 5.59. The summed E-state index contributed by atoms with van der Waals surface area (Å²) in [7, 11) is 0. The summed E-state index contributed by atoms with van der Waals surface area (Å²) in [6.07, 6.45) is -0.600. The van der Waals surface area contributed by atoms with Crippen LogP contribution in [0.25, 0.3) is 10.8 Å². The maximum absolute atomic E-state index is 13.1. The van der Waals surface area contributed by atoms with Crippen LogP contribution in [0, 0.1) is 17.8 Å². The topological polar surface area (TPSA) is 165 Å². The van der Waals surface area contributed by atoms with Crippen molar-refractivity contribution >= 4 is 34.5 Å². The summed E-state index contributed by atoms with van der Waals surface area (Å²) in [6, 6.07) is 11.0. The number of hydrogen-bond donors (Lipinski definition) is 6. The van der Waals surface area contributed by atoms with E-state index in [1.807, 2.05) is 44.2 Å². The molecule has 6 N–H and O–H groups in total. The number of rotatable bonds is 13. The molecule has 1 aliphatic carbocycles. The molecule has 1 unspecified atom stereocenters. The number of carbonyl (C=O) groups excluding carboxylic acids is 3. The Bertz CT molecular complexity index is 1230. The van der Waals surface area contributed by atoms with Crippen molar-refractivity contribution < 1.29 is 34.5 Å². The Morgan fingerprint density at radius 2 is 1.50 bits per heavy atom. The maximum atomic E-state index is 13.1. The van der Waals surface area contributed by atoms with Crippen molar-refractivity contribution in [3.63, 3.8) is 0 Å². The number of nitrogens with one attached hydrogen (secondary N) is 3. The summed E-state index contributed by atoms with van der Waals surface area (Å²) in [4.78, 5) is 50.3. The first-order chi connectivity index (χ1) is 19.9. The zero-order chi connectivity index (χ0) is 31.0. The predicted octanol–water partition coefficient (Wildman–Crippen LogP) is 3.06. The van der Waals surface area contributed by atoms with E-state index in [0.29, 0.717) is 37.7 Å². The number of aliphatic carboxylic acids is 1. The van der Waals surface area contributed by atoms with Crippen molar-refractivity contribution in [2.75, 3.05) is 0 Å². The van der Waals surface area contributed by atoms with Gasteiger partial charge < -0.3 is 31.3 Å². The molecular formula is C32H45N3O7. The standard InChI is InChI=1S/C32H45N3O7/c1-18(2)16-25(34-31(40)29(38)24-11-7-9-20-8-5-6-10-23(20)24)26(36)17-27(37)35-28(19(3)4)30(39)33-22-14-12-21(13-15-22)32(41)42/h5-11,18-19,21-22,25-26,28-29,36,38H,12-17H2,1-4H3,(H,33,39)(H,34,40)(H,35,37)(H,41,42)/t21?,22?,25-,26-,28-,29?/m0/s1. The van der Waals surface area contributed by atoms with Crippen LogP contribution in [0.2, 0.25) is 0 Å². The van der Waals surface area contributed by atoms with E-state index in [1.165, 1.54) is 0 Å². The van der Waals surface area contributed by atoms with Gasteiger partial charge in [0.2, 0.25) is 11.8 Å². The highest BCUT2D eigenvalue weighted by molar-refractivity contribution is 5.92. The second-order valence-corrected chi connectivity index (χ2v) is 12.2. The molecule has 0 aromatic heterocycles. The van der Waals surface area contributed by atoms with Crippen LogP contribution in [0.4, 0.5) is 0 Å². The van der Waals surface area contributed by atoms with E-state index in [4.69, 9.17) is 0 Å². The van der Waals surface area contributed by atoms with Crippen molar-refractivity contribution in [2.45, 2.75) is 96.6 Å². The number of amides is 3. The molecule has 0 aliphatic heterocycles. The minimum Gasteiger partial charge on any atom is -0.481 e. The quantitative estimate of drug-likeness (QED) is 0.211. The Morgan fingerprint density at radius 1 is 0.857 bits per heavy atom. The predicted molar refractivity (Wildman–Crippen MR) is 159 cm³/mol. The fraction of sp³-hybridized carbons (Fsp3) is 0.562. The van der Waals surface area contributed by atoms with Crippen molar-refractivity contribution in [1.82, 2.24) is 16.0 Å². The highest BCUT2D eigenvalue weighted by atomic mass is 16.4. The summed E-state index contributed by atoms with van der Waals surface area (Å²) >= 11 is 0. The largest absolute Gasteiger partial charge is 0.481 e. The molecule has 42 heavy (non-hydrogen) atoms. The van der Waals surface area contributed by atoms with Gasteiger partial charge in [0, 0.05) is 6.04 Å². The first kappa shape index (κ1) is 33.0. The second-order valence-electron chi connectivity index (χ2n) is 12.2. The minimum atomic E-state index is -1.47. The lowest BCUT2D eigenvalue weighted by Crippen LogP contribution is -2.54. The van der Waals surface area contributed by atoms with Crippen LogP contribution in [0.15, 0.2) is 42.5 Å². The van der Waals surface area contributed by atoms with Crippen molar-refractivity contribution in [2.24, 2.45) is 17.8 Å². The molecule has 10 nitrogen and oxygen atoms in total. The van der Waals surface area contributed by atoms with Crippen molar-refractivity contribution in [3.05, 3.63) is 48.0 Å². The normalized spacial score (nSPS) is 20.0. The highest BCUT2D eigenvalue weighted by Gasteiger charge is 2.32. The van der Waals surface area contributed by atoms with E-state index in [0.717, 1.165) is 10.8 Å². The fourth-order valence-corrected chi connectivity index (χ4v) is 5.59. The van der Waals surface area contributed by atoms with Gasteiger partial charge in [0.25, 0.3) is 5.91 Å². The zero-order valence-corrected chi connectivity index (χ0v) is 24.9. The monoisotopic (exact) mass is 583 g/mol. The molecule has 10 heteroatoms. The van der Waals surface area contributed by atoms with Crippen LogP contribution in [0.5, 0.6) is 0 Å². The lowest BCUT2D eigenvalue weighted by molar-refractivity contribution is -0.143. The Balaban J connectivity index is 1.61. The molecular weight excluding hydrogens is 538 g/mol. The van der Waals surface area contributed by atoms with Crippen LogP contribution < -0.4 is 16.0 Å². The lowest BCUT2D eigenvalue weighted by atomic mass is 9.86. The van der Waals surface area contributed by atoms with Crippen LogP contribution in [-0.4, -0.2) is 63.2 Å². The van der Waals surface area contributed by atoms with Gasteiger partial charge in [-0.05, 0) is 60.3 Å². The van der Waals surface area contributed by atoms with E-state index in [1.54, 1.807) is 26.0 Å². The second kappa shape index (κ2) is 15.1. The SMILES string of the molecule is CC(C)C[C@H](NC(=O)C(O)c1cccc2ccccc12)[C@@H](O)CC(=O)N[C@H](C(=O)NC1CCC(C(=O)O)CC1)C(C)C. The van der Waals surface area contributed by atoms with E-state index in [2.05, 4.69) is 16.0 Å². The molecule has 1 aliphatic rings. The Kier molecular flexibility index (Phi) is 11.9. The number of fused-ring (bicyclic) bond motifs is 1. The van der Waals surface area contributed by atoms with Crippen LogP contribution in [-0.2, 0) is 19.2 Å². The summed E-state index contributed by atoms with van der Waals surface area (Å²) in [5.74, 6) is -2.93. The van der Waals surface area contributed by atoms with Crippen molar-refractivity contribution in [3.8, 4) is 0 Å². The highest BCUT2D eigenvalue weighted by Crippen LogP contribution is 2.26. The van der Waals surface area contributed by atoms with Crippen LogP contribution in [0.1, 0.15) is 77.9 Å². The molecule has 3 rings (SSSR count). The number of benzene rings is 2. The molecule has 1 saturated carbocycles. The van der Waals surface area contributed by atoms with Gasteiger partial charge in [-0.2, -0.15) is 0 Å². The van der Waals surface area contributed by atoms with Gasteiger partial charge in [-0.15, -0.1) is 0 Å². The first-order valence-corrected chi connectivity index (χ1v) is 14.8. The molecule has 3 amide bonds. The van der Waals surface area contributed by atoms with Gasteiger partial charge in [0.1, 0.15) is 6.04 Å². The van der Waals surface area contributed by atoms with Gasteiger partial charge in [-0.1, -0.05) is 70.2 Å². The average Bonchev–Trinajstić information content (AvgIpc) is 2.94. The third-order valence-corrected chi connectivity index (χ3v) is 7.97. The van der Waals surface area contributed by atoms with E-state index >= 15 is 0 Å². The van der Waals surface area contributed by atoms with Crippen LogP contribution in [0.3, 0.4) is 0 Å². The molecule has 4 atom stereocenters. The van der Waals surface area contributed by atoms with E-state index < -0.39 is 48.0 Å². The lowest BCUT2D eigenvalue weighted by Gasteiger charge is -2.30. The summed E-state index contributed by atoms with van der Waals surface area (Å²) < 4.78 is 0. The molecule has 0 bridgehead atoms. The van der Waals surface area contributed by atoms with E-state index in [-0.39, 0.29) is 30.2 Å². The Hall–Kier alpha value is -3.50. The number of hydrogen-bond acceptors (Lipinski definition) is 6. The summed E-state index contributed by atoms with van der Waals surface area (Å²) in [5.41, 5.74) is 0.448. The van der Waals surface area contributed by atoms with Gasteiger partial charge in [0.05, 0.1) is 24.5 Å². The summed E-state index contributed by atoms with van der Waals surface area (Å²) in [6.45, 7) is 7.46. The molecule has 230 valence electrons. The van der Waals surface area contributed by atoms with Gasteiger partial charge in [0.15, 0.2) is 6.10 Å². The summed E-state index contributed by atoms with van der Waals surface area (Å²) in [5, 5.41) is 41.2. The zero-order valence-electron chi connectivity index (χ0n) is 24.9. The number of carbonyl (C=O) groups is 4. The van der Waals surface area contributed by atoms with Crippen molar-refractivity contribution in [1.29, 1.82) is 0 Å². The molecule has 0 radical (unpaired) electrons. The van der Waals surface area contributed by atoms with E-state index in [9.17, 15) is 34.5 Å². The molecule has 0 heterocycles. The van der Waals surface area contributed by atoms with Crippen LogP contribution >= 0.6 is 0 Å². The van der Waals surface area contributed by atoms with Gasteiger partial charge in [-0.25, -0.2) is 0 Å². The number of aliphatic hydroxyl groups excluding tert-OH is 2. The Labute approximate surface area is 247 Å². The molecule has 2 aromatic carbocycles. The minimum absolute atomic E-state index is 0.0770. The molecule has 0 saturated heterocycles.